The number of benzene rings is 10. The van der Waals surface area contributed by atoms with Crippen LogP contribution in [0.15, 0.2) is 218 Å². The van der Waals surface area contributed by atoms with Gasteiger partial charge >= 0.3 is 0 Å². The second-order valence-electron chi connectivity index (χ2n) is 18.2. The van der Waals surface area contributed by atoms with Gasteiger partial charge in [-0.2, -0.15) is 5.26 Å². The second-order valence-corrected chi connectivity index (χ2v) is 20.3. The van der Waals surface area contributed by atoms with Crippen LogP contribution >= 0.6 is 22.7 Å². The smallest absolute Gasteiger partial charge is 0.166 e. The van der Waals surface area contributed by atoms with E-state index in [4.69, 9.17) is 15.0 Å². The molecule has 15 rings (SSSR count). The molecular weight excluding hydrogens is 917 g/mol. The van der Waals surface area contributed by atoms with Crippen LogP contribution in [0, 0.1) is 11.3 Å². The lowest BCUT2D eigenvalue weighted by molar-refractivity contribution is 1.06. The summed E-state index contributed by atoms with van der Waals surface area (Å²) < 4.78 is 9.64. The molecule has 5 heterocycles. The lowest BCUT2D eigenvalue weighted by Crippen LogP contribution is -2.04. The van der Waals surface area contributed by atoms with E-state index in [1.807, 2.05) is 83.3 Å². The zero-order valence-electron chi connectivity index (χ0n) is 38.3. The molecule has 0 unspecified atom stereocenters. The van der Waals surface area contributed by atoms with Gasteiger partial charge in [0.05, 0.1) is 39.0 Å². The third kappa shape index (κ3) is 6.02. The van der Waals surface area contributed by atoms with Gasteiger partial charge in [0.2, 0.25) is 0 Å². The fraction of sp³-hybridized carbons (Fsp3) is 0. The first-order valence-corrected chi connectivity index (χ1v) is 25.5. The van der Waals surface area contributed by atoms with E-state index in [0.717, 1.165) is 82.8 Å². The Labute approximate surface area is 420 Å². The third-order valence-electron chi connectivity index (χ3n) is 14.2. The molecule has 72 heavy (non-hydrogen) atoms. The summed E-state index contributed by atoms with van der Waals surface area (Å²) in [4.78, 5) is 15.7. The van der Waals surface area contributed by atoms with E-state index in [9.17, 15) is 5.26 Å². The van der Waals surface area contributed by atoms with Crippen LogP contribution in [0.5, 0.6) is 0 Å². The number of aromatic nitrogens is 5. The summed E-state index contributed by atoms with van der Waals surface area (Å²) in [5.74, 6) is 1.71. The van der Waals surface area contributed by atoms with Crippen molar-refractivity contribution in [1.82, 2.24) is 24.1 Å². The fourth-order valence-electron chi connectivity index (χ4n) is 11.1. The molecular formula is C64H36N6S2. The van der Waals surface area contributed by atoms with Crippen molar-refractivity contribution in [3.8, 4) is 62.7 Å². The predicted molar refractivity (Wildman–Crippen MR) is 301 cm³/mol. The molecule has 0 saturated carbocycles. The Hall–Kier alpha value is -9.26. The van der Waals surface area contributed by atoms with Gasteiger partial charge in [-0.25, -0.2) is 15.0 Å². The van der Waals surface area contributed by atoms with Gasteiger partial charge in [-0.3, -0.25) is 0 Å². The van der Waals surface area contributed by atoms with Crippen molar-refractivity contribution in [3.05, 3.63) is 224 Å². The molecule has 0 aliphatic carbocycles. The molecule has 6 nitrogen and oxygen atoms in total. The molecule has 0 aliphatic heterocycles. The molecule has 0 fully saturated rings. The van der Waals surface area contributed by atoms with E-state index in [1.165, 1.54) is 40.3 Å². The first kappa shape index (κ1) is 40.6. The Morgan fingerprint density at radius 2 is 0.833 bits per heavy atom. The van der Waals surface area contributed by atoms with Crippen molar-refractivity contribution >= 4 is 107 Å². The molecule has 0 spiro atoms. The highest BCUT2D eigenvalue weighted by molar-refractivity contribution is 7.26. The molecule has 10 aromatic carbocycles. The Morgan fingerprint density at radius 1 is 0.347 bits per heavy atom. The molecule has 5 aromatic heterocycles. The van der Waals surface area contributed by atoms with Crippen LogP contribution in [0.25, 0.3) is 141 Å². The van der Waals surface area contributed by atoms with Crippen LogP contribution in [0.4, 0.5) is 0 Å². The van der Waals surface area contributed by atoms with Crippen LogP contribution in [-0.4, -0.2) is 24.1 Å². The van der Waals surface area contributed by atoms with E-state index >= 15 is 0 Å². The first-order chi connectivity index (χ1) is 35.7. The molecule has 15 aromatic rings. The largest absolute Gasteiger partial charge is 0.308 e. The van der Waals surface area contributed by atoms with Crippen molar-refractivity contribution in [3.63, 3.8) is 0 Å². The number of hydrogen-bond acceptors (Lipinski definition) is 6. The van der Waals surface area contributed by atoms with Gasteiger partial charge in [0.15, 0.2) is 17.5 Å². The Balaban J connectivity index is 1.05. The SMILES string of the molecule is N#Cc1c(-c2ccc(-c3nc(-c4ccccc4)nc(-c4ccccc4)n3)c(-n3c4ccccc4c4ccc5sc6ccccc6c5c43)c2)cccc1-n1c2ccccc2c2ccc3sc4ccccc4c3c21. The van der Waals surface area contributed by atoms with Crippen LogP contribution in [0.3, 0.4) is 0 Å². The van der Waals surface area contributed by atoms with Gasteiger partial charge in [0.25, 0.3) is 0 Å². The summed E-state index contributed by atoms with van der Waals surface area (Å²) in [7, 11) is 0. The summed E-state index contributed by atoms with van der Waals surface area (Å²) in [5.41, 5.74) is 11.0. The van der Waals surface area contributed by atoms with E-state index < -0.39 is 0 Å². The van der Waals surface area contributed by atoms with Gasteiger partial charge in [0.1, 0.15) is 6.07 Å². The minimum absolute atomic E-state index is 0.545. The van der Waals surface area contributed by atoms with Crippen LogP contribution in [0.2, 0.25) is 0 Å². The minimum atomic E-state index is 0.545. The minimum Gasteiger partial charge on any atom is -0.308 e. The summed E-state index contributed by atoms with van der Waals surface area (Å²) in [6.07, 6.45) is 0. The normalized spacial score (nSPS) is 11.9. The van der Waals surface area contributed by atoms with E-state index in [2.05, 4.69) is 173 Å². The van der Waals surface area contributed by atoms with Gasteiger partial charge in [-0.15, -0.1) is 22.7 Å². The van der Waals surface area contributed by atoms with Crippen LogP contribution in [-0.2, 0) is 0 Å². The van der Waals surface area contributed by atoms with Crippen molar-refractivity contribution < 1.29 is 0 Å². The number of thiophene rings is 2. The summed E-state index contributed by atoms with van der Waals surface area (Å²) >= 11 is 3.62. The molecule has 0 bridgehead atoms. The van der Waals surface area contributed by atoms with Gasteiger partial charge < -0.3 is 9.13 Å². The highest BCUT2D eigenvalue weighted by Gasteiger charge is 2.25. The molecule has 0 amide bonds. The standard InChI is InChI=1S/C64H36N6S2/c65-37-49-41(24-15-27-52(49)69-50-25-11-7-20-42(50)44-32-34-56-58(60(44)69)47-22-9-13-28-54(47)71-56)40-30-31-46(64-67-62(38-16-3-1-4-17-38)66-63(68-64)39-18-5-2-6-19-39)53(36-40)70-51-26-12-8-21-43(51)45-33-35-57-59(61(45)70)48-23-10-14-29-55(48)72-57/h1-36H. The number of hydrogen-bond donors (Lipinski definition) is 0. The van der Waals surface area contributed by atoms with Crippen LogP contribution < -0.4 is 0 Å². The lowest BCUT2D eigenvalue weighted by atomic mass is 9.96. The zero-order valence-corrected chi connectivity index (χ0v) is 39.9. The third-order valence-corrected chi connectivity index (χ3v) is 16.5. The average molecular weight is 953 g/mol. The maximum atomic E-state index is 11.6. The Kier molecular flexibility index (Phi) is 8.96. The fourth-order valence-corrected chi connectivity index (χ4v) is 13.3. The van der Waals surface area contributed by atoms with Crippen molar-refractivity contribution in [1.29, 1.82) is 5.26 Å². The molecule has 334 valence electrons. The molecule has 0 saturated heterocycles. The summed E-state index contributed by atoms with van der Waals surface area (Å²) in [5, 5.41) is 21.0. The topological polar surface area (TPSA) is 72.3 Å². The summed E-state index contributed by atoms with van der Waals surface area (Å²) in [6, 6.07) is 79.5. The van der Waals surface area contributed by atoms with E-state index in [-0.39, 0.29) is 0 Å². The highest BCUT2D eigenvalue weighted by atomic mass is 32.1. The van der Waals surface area contributed by atoms with Crippen molar-refractivity contribution in [2.24, 2.45) is 0 Å². The van der Waals surface area contributed by atoms with Crippen molar-refractivity contribution in [2.75, 3.05) is 0 Å². The number of para-hydroxylation sites is 2. The average Bonchev–Trinajstić information content (AvgIpc) is 4.21. The predicted octanol–water partition coefficient (Wildman–Crippen LogP) is 17.3. The number of nitriles is 1. The van der Waals surface area contributed by atoms with E-state index in [0.29, 0.717) is 23.0 Å². The maximum absolute atomic E-state index is 11.6. The van der Waals surface area contributed by atoms with E-state index in [1.54, 1.807) is 0 Å². The second kappa shape index (κ2) is 15.9. The van der Waals surface area contributed by atoms with Crippen LogP contribution in [0.1, 0.15) is 5.56 Å². The molecule has 0 aliphatic rings. The maximum Gasteiger partial charge on any atom is 0.166 e. The van der Waals surface area contributed by atoms with Gasteiger partial charge in [0, 0.05) is 84.1 Å². The zero-order chi connectivity index (χ0) is 47.4. The number of fused-ring (bicyclic) bond motifs is 14. The molecule has 0 radical (unpaired) electrons. The Morgan fingerprint density at radius 3 is 1.39 bits per heavy atom. The van der Waals surface area contributed by atoms with Gasteiger partial charge in [-0.1, -0.05) is 164 Å². The highest BCUT2D eigenvalue weighted by Crippen LogP contribution is 2.47. The molecule has 0 atom stereocenters. The van der Waals surface area contributed by atoms with Gasteiger partial charge in [-0.05, 0) is 60.2 Å². The lowest BCUT2D eigenvalue weighted by Gasteiger charge is -2.18. The summed E-state index contributed by atoms with van der Waals surface area (Å²) in [6.45, 7) is 0. The monoisotopic (exact) mass is 952 g/mol. The quantitative estimate of drug-likeness (QED) is 0.166. The Bertz CT molecular complexity index is 4710. The molecule has 0 N–H and O–H groups in total. The van der Waals surface area contributed by atoms with Crippen molar-refractivity contribution in [2.45, 2.75) is 0 Å². The number of rotatable bonds is 6. The first-order valence-electron chi connectivity index (χ1n) is 23.9. The number of nitrogens with zero attached hydrogens (tertiary/aromatic N) is 6. The molecule has 8 heteroatoms.